The molecule has 0 bridgehead atoms. The van der Waals surface area contributed by atoms with Crippen molar-refractivity contribution in [1.82, 2.24) is 5.32 Å². The van der Waals surface area contributed by atoms with Crippen molar-refractivity contribution < 1.29 is 0 Å². The lowest BCUT2D eigenvalue weighted by Crippen LogP contribution is -2.35. The third-order valence-electron chi connectivity index (χ3n) is 4.23. The van der Waals surface area contributed by atoms with Crippen molar-refractivity contribution in [2.75, 3.05) is 6.54 Å². The maximum Gasteiger partial charge on any atom is 0.0545 e. The molecule has 1 nitrogen and oxygen atoms in total. The van der Waals surface area contributed by atoms with E-state index in [1.54, 1.807) is 0 Å². The van der Waals surface area contributed by atoms with Gasteiger partial charge in [-0.1, -0.05) is 24.4 Å². The molecular formula is C14H20ClNS. The van der Waals surface area contributed by atoms with Crippen molar-refractivity contribution in [3.05, 3.63) is 21.3 Å². The number of hydrogen-bond donors (Lipinski definition) is 1. The number of thiophene rings is 1. The summed E-state index contributed by atoms with van der Waals surface area (Å²) in [7, 11) is 0. The standard InChI is InChI=1S/C14H20ClNS/c15-12-5-8-17-13(12)9-14(6-1-2-7-14)10-16-11-3-4-11/h5,8,11,16H,1-4,6-7,9-10H2. The molecule has 3 rings (SSSR count). The predicted octanol–water partition coefficient (Wildman–Crippen LogP) is 4.26. The molecule has 0 aliphatic heterocycles. The summed E-state index contributed by atoms with van der Waals surface area (Å²) < 4.78 is 0. The minimum absolute atomic E-state index is 0.497. The zero-order valence-corrected chi connectivity index (χ0v) is 11.7. The number of hydrogen-bond acceptors (Lipinski definition) is 2. The second-order valence-electron chi connectivity index (χ2n) is 5.73. The van der Waals surface area contributed by atoms with E-state index in [1.807, 2.05) is 17.4 Å². The van der Waals surface area contributed by atoms with Crippen LogP contribution in [0, 0.1) is 5.41 Å². The van der Waals surface area contributed by atoms with Crippen LogP contribution in [-0.2, 0) is 6.42 Å². The fourth-order valence-corrected chi connectivity index (χ4v) is 4.26. The van der Waals surface area contributed by atoms with Gasteiger partial charge in [-0.05, 0) is 49.0 Å². The first kappa shape index (κ1) is 12.0. The van der Waals surface area contributed by atoms with Gasteiger partial charge in [-0.2, -0.15) is 0 Å². The average molecular weight is 270 g/mol. The molecule has 0 atom stereocenters. The molecule has 17 heavy (non-hydrogen) atoms. The van der Waals surface area contributed by atoms with E-state index in [2.05, 4.69) is 10.7 Å². The molecule has 0 amide bonds. The van der Waals surface area contributed by atoms with Crippen molar-refractivity contribution in [1.29, 1.82) is 0 Å². The van der Waals surface area contributed by atoms with Crippen LogP contribution in [-0.4, -0.2) is 12.6 Å². The van der Waals surface area contributed by atoms with Crippen LogP contribution in [0.5, 0.6) is 0 Å². The summed E-state index contributed by atoms with van der Waals surface area (Å²) in [5.74, 6) is 0. The van der Waals surface area contributed by atoms with E-state index in [-0.39, 0.29) is 0 Å². The van der Waals surface area contributed by atoms with Crippen LogP contribution in [0.1, 0.15) is 43.4 Å². The van der Waals surface area contributed by atoms with Crippen molar-refractivity contribution in [2.24, 2.45) is 5.41 Å². The summed E-state index contributed by atoms with van der Waals surface area (Å²) >= 11 is 8.07. The minimum Gasteiger partial charge on any atom is -0.313 e. The van der Waals surface area contributed by atoms with Crippen LogP contribution in [0.4, 0.5) is 0 Å². The Balaban J connectivity index is 1.67. The first-order valence-electron chi connectivity index (χ1n) is 6.73. The van der Waals surface area contributed by atoms with Crippen LogP contribution in [0.25, 0.3) is 0 Å². The monoisotopic (exact) mass is 269 g/mol. The Bertz CT molecular complexity index is 377. The lowest BCUT2D eigenvalue weighted by Gasteiger charge is -2.29. The normalized spacial score (nSPS) is 23.1. The molecule has 94 valence electrons. The first-order chi connectivity index (χ1) is 8.27. The lowest BCUT2D eigenvalue weighted by molar-refractivity contribution is 0.278. The van der Waals surface area contributed by atoms with Gasteiger partial charge in [-0.15, -0.1) is 11.3 Å². The topological polar surface area (TPSA) is 12.0 Å². The van der Waals surface area contributed by atoms with Crippen molar-refractivity contribution >= 4 is 22.9 Å². The molecule has 2 fully saturated rings. The Kier molecular flexibility index (Phi) is 3.47. The number of rotatable bonds is 5. The molecule has 0 aromatic carbocycles. The van der Waals surface area contributed by atoms with Crippen molar-refractivity contribution in [3.8, 4) is 0 Å². The van der Waals surface area contributed by atoms with E-state index in [4.69, 9.17) is 11.6 Å². The van der Waals surface area contributed by atoms with Gasteiger partial charge in [0.2, 0.25) is 0 Å². The van der Waals surface area contributed by atoms with Crippen LogP contribution in [0.15, 0.2) is 11.4 Å². The van der Waals surface area contributed by atoms with Gasteiger partial charge in [-0.25, -0.2) is 0 Å². The maximum absolute atomic E-state index is 6.25. The molecule has 0 radical (unpaired) electrons. The lowest BCUT2D eigenvalue weighted by atomic mass is 9.82. The third kappa shape index (κ3) is 2.86. The largest absolute Gasteiger partial charge is 0.313 e. The van der Waals surface area contributed by atoms with E-state index in [0.717, 1.165) is 11.1 Å². The van der Waals surface area contributed by atoms with Crippen LogP contribution in [0.2, 0.25) is 5.02 Å². The van der Waals surface area contributed by atoms with Gasteiger partial charge < -0.3 is 5.32 Å². The third-order valence-corrected chi connectivity index (χ3v) is 5.62. The quantitative estimate of drug-likeness (QED) is 0.842. The smallest absolute Gasteiger partial charge is 0.0545 e. The second kappa shape index (κ2) is 4.91. The second-order valence-corrected chi connectivity index (χ2v) is 7.14. The Morgan fingerprint density at radius 3 is 2.71 bits per heavy atom. The summed E-state index contributed by atoms with van der Waals surface area (Å²) in [5, 5.41) is 6.83. The average Bonchev–Trinajstić information content (AvgIpc) is 2.92. The highest BCUT2D eigenvalue weighted by Crippen LogP contribution is 2.43. The molecule has 2 aliphatic carbocycles. The van der Waals surface area contributed by atoms with E-state index in [1.165, 1.54) is 56.4 Å². The molecule has 1 aromatic rings. The number of halogens is 1. The highest BCUT2D eigenvalue weighted by molar-refractivity contribution is 7.10. The Labute approximate surface area is 113 Å². The molecular weight excluding hydrogens is 250 g/mol. The zero-order chi connectivity index (χ0) is 11.7. The van der Waals surface area contributed by atoms with Crippen LogP contribution < -0.4 is 5.32 Å². The molecule has 1 N–H and O–H groups in total. The summed E-state index contributed by atoms with van der Waals surface area (Å²) in [6.45, 7) is 1.20. The molecule has 0 spiro atoms. The highest BCUT2D eigenvalue weighted by atomic mass is 35.5. The van der Waals surface area contributed by atoms with E-state index >= 15 is 0 Å². The van der Waals surface area contributed by atoms with E-state index < -0.39 is 0 Å². The molecule has 2 saturated carbocycles. The van der Waals surface area contributed by atoms with Crippen LogP contribution >= 0.6 is 22.9 Å². The Morgan fingerprint density at radius 1 is 1.35 bits per heavy atom. The molecule has 1 heterocycles. The predicted molar refractivity (Wildman–Crippen MR) is 75.0 cm³/mol. The number of nitrogens with one attached hydrogen (secondary N) is 1. The molecule has 3 heteroatoms. The first-order valence-corrected chi connectivity index (χ1v) is 7.98. The summed E-state index contributed by atoms with van der Waals surface area (Å²) in [4.78, 5) is 1.39. The SMILES string of the molecule is Clc1ccsc1CC1(CNC2CC2)CCCC1. The summed E-state index contributed by atoms with van der Waals surface area (Å²) in [5.41, 5.74) is 0.497. The van der Waals surface area contributed by atoms with Gasteiger partial charge in [0.15, 0.2) is 0 Å². The molecule has 0 saturated heterocycles. The van der Waals surface area contributed by atoms with Crippen molar-refractivity contribution in [2.45, 2.75) is 51.0 Å². The zero-order valence-electron chi connectivity index (χ0n) is 10.2. The molecule has 0 unspecified atom stereocenters. The maximum atomic E-state index is 6.25. The molecule has 1 aromatic heterocycles. The molecule has 2 aliphatic rings. The Morgan fingerprint density at radius 2 is 2.12 bits per heavy atom. The van der Waals surface area contributed by atoms with Gasteiger partial charge in [-0.3, -0.25) is 0 Å². The summed E-state index contributed by atoms with van der Waals surface area (Å²) in [6.07, 6.45) is 9.50. The van der Waals surface area contributed by atoms with Gasteiger partial charge in [0, 0.05) is 17.5 Å². The van der Waals surface area contributed by atoms with Gasteiger partial charge in [0.05, 0.1) is 5.02 Å². The van der Waals surface area contributed by atoms with Crippen LogP contribution in [0.3, 0.4) is 0 Å². The van der Waals surface area contributed by atoms with Gasteiger partial charge in [0.25, 0.3) is 0 Å². The fraction of sp³-hybridized carbons (Fsp3) is 0.714. The fourth-order valence-electron chi connectivity index (χ4n) is 2.98. The van der Waals surface area contributed by atoms with Gasteiger partial charge in [0.1, 0.15) is 0 Å². The van der Waals surface area contributed by atoms with Crippen molar-refractivity contribution in [3.63, 3.8) is 0 Å². The van der Waals surface area contributed by atoms with E-state index in [0.29, 0.717) is 5.41 Å². The minimum atomic E-state index is 0.497. The Hall–Kier alpha value is -0.0500. The van der Waals surface area contributed by atoms with E-state index in [9.17, 15) is 0 Å². The highest BCUT2D eigenvalue weighted by Gasteiger charge is 2.36. The van der Waals surface area contributed by atoms with Gasteiger partial charge >= 0.3 is 0 Å². The summed E-state index contributed by atoms with van der Waals surface area (Å²) in [6, 6.07) is 2.87.